The fourth-order valence-electron chi connectivity index (χ4n) is 1.26. The van der Waals surface area contributed by atoms with Gasteiger partial charge >= 0.3 is 5.97 Å². The van der Waals surface area contributed by atoms with Gasteiger partial charge in [-0.3, -0.25) is 0 Å². The van der Waals surface area contributed by atoms with Crippen LogP contribution >= 0.6 is 11.6 Å². The number of halogens is 1. The van der Waals surface area contributed by atoms with Gasteiger partial charge in [0.2, 0.25) is 0 Å². The van der Waals surface area contributed by atoms with Crippen LogP contribution in [-0.2, 0) is 4.74 Å². The van der Waals surface area contributed by atoms with Crippen molar-refractivity contribution in [3.8, 4) is 0 Å². The van der Waals surface area contributed by atoms with E-state index in [1.54, 1.807) is 6.07 Å². The lowest BCUT2D eigenvalue weighted by Gasteiger charge is -2.14. The molecule has 0 aliphatic heterocycles. The lowest BCUT2D eigenvalue weighted by atomic mass is 10.3. The Hall–Kier alpha value is -1.33. The first kappa shape index (κ1) is 13.7. The van der Waals surface area contributed by atoms with Crippen LogP contribution in [0.5, 0.6) is 0 Å². The largest absolute Gasteiger partial charge is 0.476 e. The summed E-state index contributed by atoms with van der Waals surface area (Å²) in [7, 11) is 0. The summed E-state index contributed by atoms with van der Waals surface area (Å²) in [5.74, 6) is -0.671. The molecule has 1 aromatic heterocycles. The van der Waals surface area contributed by atoms with E-state index in [9.17, 15) is 4.79 Å². The van der Waals surface area contributed by atoms with Crippen LogP contribution in [0.15, 0.2) is 12.1 Å². The van der Waals surface area contributed by atoms with Crippen molar-refractivity contribution >= 4 is 23.4 Å². The zero-order valence-electron chi connectivity index (χ0n) is 9.74. The number of carbonyl (C=O) groups is 1. The number of anilines is 1. The van der Waals surface area contributed by atoms with Crippen molar-refractivity contribution in [2.24, 2.45) is 0 Å². The maximum atomic E-state index is 10.8. The monoisotopic (exact) mass is 258 g/mol. The van der Waals surface area contributed by atoms with Crippen LogP contribution in [-0.4, -0.2) is 35.3 Å². The highest BCUT2D eigenvalue weighted by molar-refractivity contribution is 6.33. The first-order valence-electron chi connectivity index (χ1n) is 5.28. The zero-order valence-corrected chi connectivity index (χ0v) is 10.5. The summed E-state index contributed by atoms with van der Waals surface area (Å²) in [6.45, 7) is 5.01. The Labute approximate surface area is 105 Å². The number of nitrogens with one attached hydrogen (secondary N) is 1. The average molecular weight is 259 g/mol. The maximum absolute atomic E-state index is 10.8. The summed E-state index contributed by atoms with van der Waals surface area (Å²) in [6, 6.07) is 3.19. The molecule has 0 radical (unpaired) electrons. The molecule has 0 amide bonds. The third-order valence-electron chi connectivity index (χ3n) is 2.01. The predicted molar refractivity (Wildman–Crippen MR) is 65.8 cm³/mol. The van der Waals surface area contributed by atoms with E-state index in [2.05, 4.69) is 10.3 Å². The number of hydrogen-bond donors (Lipinski definition) is 2. The first-order valence-corrected chi connectivity index (χ1v) is 5.66. The topological polar surface area (TPSA) is 71.5 Å². The Bertz CT molecular complexity index is 398. The second-order valence-corrected chi connectivity index (χ2v) is 3.94. The SMILES string of the molecule is CCOCC(C)Nc1ccc(Cl)c(C(=O)O)n1. The quantitative estimate of drug-likeness (QED) is 0.819. The molecule has 6 heteroatoms. The van der Waals surface area contributed by atoms with E-state index in [-0.39, 0.29) is 16.8 Å². The van der Waals surface area contributed by atoms with Crippen molar-refractivity contribution in [1.29, 1.82) is 0 Å². The van der Waals surface area contributed by atoms with Gasteiger partial charge in [-0.25, -0.2) is 9.78 Å². The molecule has 0 aliphatic rings. The maximum Gasteiger partial charge on any atom is 0.356 e. The summed E-state index contributed by atoms with van der Waals surface area (Å²) < 4.78 is 5.24. The Morgan fingerprint density at radius 3 is 2.94 bits per heavy atom. The van der Waals surface area contributed by atoms with Gasteiger partial charge in [0.15, 0.2) is 5.69 Å². The van der Waals surface area contributed by atoms with E-state index >= 15 is 0 Å². The zero-order chi connectivity index (χ0) is 12.8. The molecule has 0 aromatic carbocycles. The highest BCUT2D eigenvalue weighted by Gasteiger charge is 2.12. The number of ether oxygens (including phenoxy) is 1. The van der Waals surface area contributed by atoms with Crippen molar-refractivity contribution in [3.63, 3.8) is 0 Å². The van der Waals surface area contributed by atoms with Gasteiger partial charge in [0.1, 0.15) is 5.82 Å². The second-order valence-electron chi connectivity index (χ2n) is 3.54. The molecule has 17 heavy (non-hydrogen) atoms. The normalized spacial score (nSPS) is 12.2. The molecular weight excluding hydrogens is 244 g/mol. The number of rotatable bonds is 6. The van der Waals surface area contributed by atoms with Crippen LogP contribution in [0.4, 0.5) is 5.82 Å². The third kappa shape index (κ3) is 4.20. The fraction of sp³-hybridized carbons (Fsp3) is 0.455. The van der Waals surface area contributed by atoms with Gasteiger partial charge in [0.05, 0.1) is 11.6 Å². The molecule has 1 heterocycles. The smallest absolute Gasteiger partial charge is 0.356 e. The van der Waals surface area contributed by atoms with Gasteiger partial charge in [-0.2, -0.15) is 0 Å². The molecule has 1 rings (SSSR count). The Kier molecular flexibility index (Phi) is 5.18. The molecule has 5 nitrogen and oxygen atoms in total. The number of pyridine rings is 1. The van der Waals surface area contributed by atoms with Crippen molar-refractivity contribution in [2.75, 3.05) is 18.5 Å². The fourth-order valence-corrected chi connectivity index (χ4v) is 1.45. The number of carboxylic acid groups (broad SMARTS) is 1. The van der Waals surface area contributed by atoms with Crippen LogP contribution in [0, 0.1) is 0 Å². The predicted octanol–water partition coefficient (Wildman–Crippen LogP) is 2.27. The van der Waals surface area contributed by atoms with Crippen LogP contribution in [0.1, 0.15) is 24.3 Å². The Morgan fingerprint density at radius 2 is 2.35 bits per heavy atom. The van der Waals surface area contributed by atoms with E-state index in [0.717, 1.165) is 0 Å². The second kappa shape index (κ2) is 6.42. The van der Waals surface area contributed by atoms with Gasteiger partial charge in [-0.05, 0) is 26.0 Å². The molecule has 0 fully saturated rings. The summed E-state index contributed by atoms with van der Waals surface area (Å²) >= 11 is 5.72. The number of aromatic nitrogens is 1. The Balaban J connectivity index is 2.72. The summed E-state index contributed by atoms with van der Waals surface area (Å²) in [5.41, 5.74) is -0.153. The number of hydrogen-bond acceptors (Lipinski definition) is 4. The highest BCUT2D eigenvalue weighted by atomic mass is 35.5. The van der Waals surface area contributed by atoms with Gasteiger partial charge in [-0.1, -0.05) is 11.6 Å². The molecule has 0 saturated heterocycles. The molecule has 2 N–H and O–H groups in total. The van der Waals surface area contributed by atoms with E-state index < -0.39 is 5.97 Å². The first-order chi connectivity index (χ1) is 8.04. The number of aromatic carboxylic acids is 1. The Morgan fingerprint density at radius 1 is 1.65 bits per heavy atom. The summed E-state index contributed by atoms with van der Waals surface area (Å²) in [4.78, 5) is 14.8. The third-order valence-corrected chi connectivity index (χ3v) is 2.32. The van der Waals surface area contributed by atoms with Crippen molar-refractivity contribution in [2.45, 2.75) is 19.9 Å². The minimum atomic E-state index is -1.14. The molecule has 94 valence electrons. The molecule has 1 unspecified atom stereocenters. The number of carboxylic acids is 1. The van der Waals surface area contributed by atoms with Crippen LogP contribution in [0.2, 0.25) is 5.02 Å². The number of nitrogens with zero attached hydrogens (tertiary/aromatic N) is 1. The minimum Gasteiger partial charge on any atom is -0.476 e. The standard InChI is InChI=1S/C11H15ClN2O3/c1-3-17-6-7(2)13-9-5-4-8(12)10(14-9)11(15)16/h4-5,7H,3,6H2,1-2H3,(H,13,14)(H,15,16). The van der Waals surface area contributed by atoms with Gasteiger partial charge in [0.25, 0.3) is 0 Å². The molecule has 0 bridgehead atoms. The van der Waals surface area contributed by atoms with E-state index in [1.165, 1.54) is 6.07 Å². The summed E-state index contributed by atoms with van der Waals surface area (Å²) in [6.07, 6.45) is 0. The van der Waals surface area contributed by atoms with Crippen molar-refractivity contribution in [1.82, 2.24) is 4.98 Å². The van der Waals surface area contributed by atoms with E-state index in [0.29, 0.717) is 19.0 Å². The van der Waals surface area contributed by atoms with Crippen LogP contribution < -0.4 is 5.32 Å². The molecular formula is C11H15ClN2O3. The van der Waals surface area contributed by atoms with Crippen molar-refractivity contribution in [3.05, 3.63) is 22.8 Å². The summed E-state index contributed by atoms with van der Waals surface area (Å²) in [5, 5.41) is 12.0. The van der Waals surface area contributed by atoms with Gasteiger partial charge in [-0.15, -0.1) is 0 Å². The van der Waals surface area contributed by atoms with Crippen LogP contribution in [0.25, 0.3) is 0 Å². The highest BCUT2D eigenvalue weighted by Crippen LogP contribution is 2.17. The van der Waals surface area contributed by atoms with E-state index in [4.69, 9.17) is 21.4 Å². The van der Waals surface area contributed by atoms with Crippen molar-refractivity contribution < 1.29 is 14.6 Å². The lowest BCUT2D eigenvalue weighted by molar-refractivity contribution is 0.0691. The van der Waals surface area contributed by atoms with E-state index in [1.807, 2.05) is 13.8 Å². The molecule has 1 atom stereocenters. The lowest BCUT2D eigenvalue weighted by Crippen LogP contribution is -2.22. The average Bonchev–Trinajstić information content (AvgIpc) is 2.28. The minimum absolute atomic E-state index is 0.0465. The molecule has 0 spiro atoms. The van der Waals surface area contributed by atoms with Gasteiger partial charge < -0.3 is 15.2 Å². The van der Waals surface area contributed by atoms with Crippen LogP contribution in [0.3, 0.4) is 0 Å². The molecule has 0 saturated carbocycles. The molecule has 0 aliphatic carbocycles. The molecule has 1 aromatic rings. The van der Waals surface area contributed by atoms with Gasteiger partial charge in [0, 0.05) is 12.6 Å².